The molecule has 12 heavy (non-hydrogen) atoms. The van der Waals surface area contributed by atoms with Crippen molar-refractivity contribution in [3.63, 3.8) is 0 Å². The van der Waals surface area contributed by atoms with Crippen LogP contribution in [0.5, 0.6) is 0 Å². The van der Waals surface area contributed by atoms with E-state index in [-0.39, 0.29) is 6.61 Å². The summed E-state index contributed by atoms with van der Waals surface area (Å²) >= 11 is 0. The number of rotatable bonds is 5. The van der Waals surface area contributed by atoms with E-state index in [1.54, 1.807) is 0 Å². The lowest BCUT2D eigenvalue weighted by molar-refractivity contribution is 0.283. The first kappa shape index (κ1) is 9.33. The highest BCUT2D eigenvalue weighted by Crippen LogP contribution is 2.11. The highest BCUT2D eigenvalue weighted by atomic mass is 16.3. The SMILES string of the molecule is CCCc1ccc(CCCO)o1. The second kappa shape index (κ2) is 4.99. The van der Waals surface area contributed by atoms with Gasteiger partial charge in [0.15, 0.2) is 0 Å². The van der Waals surface area contributed by atoms with E-state index in [1.165, 1.54) is 0 Å². The molecule has 0 bridgehead atoms. The molecule has 0 saturated carbocycles. The number of hydrogen-bond donors (Lipinski definition) is 1. The Hall–Kier alpha value is -0.760. The molecular formula is C10H16O2. The van der Waals surface area contributed by atoms with Crippen molar-refractivity contribution in [2.24, 2.45) is 0 Å². The smallest absolute Gasteiger partial charge is 0.104 e. The van der Waals surface area contributed by atoms with E-state index >= 15 is 0 Å². The molecule has 1 N–H and O–H groups in total. The summed E-state index contributed by atoms with van der Waals surface area (Å²) in [5.74, 6) is 2.05. The van der Waals surface area contributed by atoms with Crippen molar-refractivity contribution in [2.75, 3.05) is 6.61 Å². The number of aryl methyl sites for hydroxylation is 2. The molecule has 0 amide bonds. The molecule has 0 aliphatic heterocycles. The predicted octanol–water partition coefficient (Wildman–Crippen LogP) is 2.16. The van der Waals surface area contributed by atoms with Crippen molar-refractivity contribution in [1.29, 1.82) is 0 Å². The Morgan fingerprint density at radius 1 is 1.25 bits per heavy atom. The molecular weight excluding hydrogens is 152 g/mol. The van der Waals surface area contributed by atoms with Crippen molar-refractivity contribution < 1.29 is 9.52 Å². The topological polar surface area (TPSA) is 33.4 Å². The van der Waals surface area contributed by atoms with Gasteiger partial charge in [0.05, 0.1) is 0 Å². The second-order valence-corrected chi connectivity index (χ2v) is 2.95. The number of hydrogen-bond acceptors (Lipinski definition) is 2. The molecule has 0 unspecified atom stereocenters. The van der Waals surface area contributed by atoms with Crippen LogP contribution in [0.25, 0.3) is 0 Å². The summed E-state index contributed by atoms with van der Waals surface area (Å²) in [7, 11) is 0. The van der Waals surface area contributed by atoms with E-state index < -0.39 is 0 Å². The van der Waals surface area contributed by atoms with Gasteiger partial charge < -0.3 is 9.52 Å². The van der Waals surface area contributed by atoms with Gasteiger partial charge in [0, 0.05) is 19.4 Å². The van der Waals surface area contributed by atoms with E-state index in [9.17, 15) is 0 Å². The van der Waals surface area contributed by atoms with Gasteiger partial charge in [0.1, 0.15) is 11.5 Å². The Morgan fingerprint density at radius 3 is 2.50 bits per heavy atom. The number of aliphatic hydroxyl groups excluding tert-OH is 1. The molecule has 1 rings (SSSR count). The third-order valence-electron chi connectivity index (χ3n) is 1.79. The van der Waals surface area contributed by atoms with Gasteiger partial charge in [-0.25, -0.2) is 0 Å². The van der Waals surface area contributed by atoms with Crippen LogP contribution >= 0.6 is 0 Å². The molecule has 0 fully saturated rings. The lowest BCUT2D eigenvalue weighted by Crippen LogP contribution is -1.86. The van der Waals surface area contributed by atoms with Gasteiger partial charge >= 0.3 is 0 Å². The van der Waals surface area contributed by atoms with Gasteiger partial charge in [0.2, 0.25) is 0 Å². The Bertz CT molecular complexity index is 215. The van der Waals surface area contributed by atoms with Crippen LogP contribution in [-0.4, -0.2) is 11.7 Å². The molecule has 1 aromatic heterocycles. The average Bonchev–Trinajstić information content (AvgIpc) is 2.50. The highest BCUT2D eigenvalue weighted by molar-refractivity contribution is 5.07. The molecule has 1 aromatic rings. The van der Waals surface area contributed by atoms with E-state index in [4.69, 9.17) is 9.52 Å². The molecule has 2 heteroatoms. The molecule has 0 saturated heterocycles. The maximum absolute atomic E-state index is 8.60. The van der Waals surface area contributed by atoms with Gasteiger partial charge in [-0.1, -0.05) is 6.92 Å². The van der Waals surface area contributed by atoms with Crippen LogP contribution in [0.4, 0.5) is 0 Å². The van der Waals surface area contributed by atoms with Crippen LogP contribution in [0, 0.1) is 0 Å². The number of furan rings is 1. The molecule has 0 aliphatic carbocycles. The summed E-state index contributed by atoms with van der Waals surface area (Å²) in [5.41, 5.74) is 0. The van der Waals surface area contributed by atoms with Gasteiger partial charge in [-0.15, -0.1) is 0 Å². The first-order chi connectivity index (χ1) is 5.86. The van der Waals surface area contributed by atoms with Crippen molar-refractivity contribution in [3.05, 3.63) is 23.7 Å². The van der Waals surface area contributed by atoms with Crippen LogP contribution in [-0.2, 0) is 12.8 Å². The van der Waals surface area contributed by atoms with Crippen molar-refractivity contribution >= 4 is 0 Å². The van der Waals surface area contributed by atoms with Gasteiger partial charge in [-0.2, -0.15) is 0 Å². The largest absolute Gasteiger partial charge is 0.466 e. The summed E-state index contributed by atoms with van der Waals surface area (Å²) in [6.45, 7) is 2.37. The van der Waals surface area contributed by atoms with Gasteiger partial charge in [-0.05, 0) is 25.0 Å². The zero-order chi connectivity index (χ0) is 8.81. The lowest BCUT2D eigenvalue weighted by atomic mass is 10.2. The first-order valence-electron chi connectivity index (χ1n) is 4.55. The quantitative estimate of drug-likeness (QED) is 0.730. The fourth-order valence-electron chi connectivity index (χ4n) is 1.19. The normalized spacial score (nSPS) is 10.5. The average molecular weight is 168 g/mol. The van der Waals surface area contributed by atoms with E-state index in [1.807, 2.05) is 12.1 Å². The summed E-state index contributed by atoms with van der Waals surface area (Å²) in [5, 5.41) is 8.60. The maximum Gasteiger partial charge on any atom is 0.104 e. The Morgan fingerprint density at radius 2 is 1.92 bits per heavy atom. The third-order valence-corrected chi connectivity index (χ3v) is 1.79. The lowest BCUT2D eigenvalue weighted by Gasteiger charge is -1.93. The van der Waals surface area contributed by atoms with Crippen molar-refractivity contribution in [1.82, 2.24) is 0 Å². The Kier molecular flexibility index (Phi) is 3.88. The van der Waals surface area contributed by atoms with E-state index in [0.717, 1.165) is 37.2 Å². The van der Waals surface area contributed by atoms with Gasteiger partial charge in [0.25, 0.3) is 0 Å². The molecule has 0 spiro atoms. The van der Waals surface area contributed by atoms with Crippen molar-refractivity contribution in [2.45, 2.75) is 32.6 Å². The van der Waals surface area contributed by atoms with Gasteiger partial charge in [-0.3, -0.25) is 0 Å². The molecule has 1 heterocycles. The summed E-state index contributed by atoms with van der Waals surface area (Å²) in [4.78, 5) is 0. The molecule has 2 nitrogen and oxygen atoms in total. The van der Waals surface area contributed by atoms with Crippen LogP contribution < -0.4 is 0 Å². The molecule has 0 radical (unpaired) electrons. The van der Waals surface area contributed by atoms with E-state index in [2.05, 4.69) is 6.92 Å². The fourth-order valence-corrected chi connectivity index (χ4v) is 1.19. The zero-order valence-electron chi connectivity index (χ0n) is 7.55. The predicted molar refractivity (Wildman–Crippen MR) is 48.1 cm³/mol. The Labute approximate surface area is 73.2 Å². The number of aliphatic hydroxyl groups is 1. The first-order valence-corrected chi connectivity index (χ1v) is 4.55. The molecule has 0 aliphatic rings. The maximum atomic E-state index is 8.60. The fraction of sp³-hybridized carbons (Fsp3) is 0.600. The second-order valence-electron chi connectivity index (χ2n) is 2.95. The third kappa shape index (κ3) is 2.70. The Balaban J connectivity index is 2.41. The van der Waals surface area contributed by atoms with Crippen LogP contribution in [0.15, 0.2) is 16.5 Å². The van der Waals surface area contributed by atoms with E-state index in [0.29, 0.717) is 0 Å². The summed E-state index contributed by atoms with van der Waals surface area (Å²) < 4.78 is 5.52. The molecule has 0 atom stereocenters. The standard InChI is InChI=1S/C10H16O2/c1-2-4-9-6-7-10(12-9)5-3-8-11/h6-7,11H,2-5,8H2,1H3. The molecule has 0 aromatic carbocycles. The summed E-state index contributed by atoms with van der Waals surface area (Å²) in [6, 6.07) is 4.02. The zero-order valence-corrected chi connectivity index (χ0v) is 7.55. The highest BCUT2D eigenvalue weighted by Gasteiger charge is 1.99. The van der Waals surface area contributed by atoms with Crippen molar-refractivity contribution in [3.8, 4) is 0 Å². The van der Waals surface area contributed by atoms with Crippen LogP contribution in [0.2, 0.25) is 0 Å². The minimum Gasteiger partial charge on any atom is -0.466 e. The summed E-state index contributed by atoms with van der Waals surface area (Å²) in [6.07, 6.45) is 3.77. The monoisotopic (exact) mass is 168 g/mol. The van der Waals surface area contributed by atoms with Crippen LogP contribution in [0.1, 0.15) is 31.3 Å². The van der Waals surface area contributed by atoms with Crippen LogP contribution in [0.3, 0.4) is 0 Å². The molecule has 68 valence electrons. The minimum absolute atomic E-state index is 0.240. The minimum atomic E-state index is 0.240.